The van der Waals surface area contributed by atoms with E-state index < -0.39 is 54.9 Å². The molecular formula is C33H37F3N2O9. The first kappa shape index (κ1) is 33.2. The summed E-state index contributed by atoms with van der Waals surface area (Å²) in [4.78, 5) is 53.7. The number of aliphatic hydroxyl groups excluding tert-OH is 1. The highest BCUT2D eigenvalue weighted by atomic mass is 19.4. The van der Waals surface area contributed by atoms with Crippen molar-refractivity contribution in [1.82, 2.24) is 10.2 Å². The predicted molar refractivity (Wildman–Crippen MR) is 157 cm³/mol. The number of carbonyl (C=O) groups excluding carboxylic acids is 4. The van der Waals surface area contributed by atoms with Gasteiger partial charge >= 0.3 is 18.1 Å². The van der Waals surface area contributed by atoms with Crippen LogP contribution in [0.1, 0.15) is 60.9 Å². The van der Waals surface area contributed by atoms with E-state index in [1.807, 2.05) is 0 Å². The molecular weight excluding hydrogens is 625 g/mol. The van der Waals surface area contributed by atoms with Gasteiger partial charge in [0.2, 0.25) is 11.8 Å². The first-order valence-electron chi connectivity index (χ1n) is 16.0. The fourth-order valence-electron chi connectivity index (χ4n) is 6.71. The average molecular weight is 663 g/mol. The van der Waals surface area contributed by atoms with Crippen molar-refractivity contribution in [2.24, 2.45) is 11.8 Å². The van der Waals surface area contributed by atoms with E-state index in [9.17, 15) is 32.3 Å². The van der Waals surface area contributed by atoms with Crippen LogP contribution in [0.25, 0.3) is 6.08 Å². The van der Waals surface area contributed by atoms with Gasteiger partial charge in [0.1, 0.15) is 24.4 Å². The summed E-state index contributed by atoms with van der Waals surface area (Å²) in [7, 11) is 0. The van der Waals surface area contributed by atoms with E-state index in [0.717, 1.165) is 31.8 Å². The van der Waals surface area contributed by atoms with Gasteiger partial charge < -0.3 is 34.3 Å². The zero-order valence-corrected chi connectivity index (χ0v) is 25.6. The number of rotatable bonds is 11. The van der Waals surface area contributed by atoms with E-state index in [4.69, 9.17) is 19.3 Å². The number of nitrogens with zero attached hydrogens (tertiary/aromatic N) is 1. The van der Waals surface area contributed by atoms with Crippen LogP contribution in [0.3, 0.4) is 0 Å². The van der Waals surface area contributed by atoms with Crippen molar-refractivity contribution < 1.29 is 56.4 Å². The highest BCUT2D eigenvalue weighted by molar-refractivity contribution is 5.98. The minimum Gasteiger partial charge on any atom is -0.456 e. The third-order valence-corrected chi connectivity index (χ3v) is 9.13. The highest BCUT2D eigenvalue weighted by Gasteiger charge is 2.64. The molecule has 14 heteroatoms. The monoisotopic (exact) mass is 662 g/mol. The number of esters is 2. The van der Waals surface area contributed by atoms with Gasteiger partial charge in [0.05, 0.1) is 12.2 Å². The maximum absolute atomic E-state index is 13.9. The van der Waals surface area contributed by atoms with E-state index in [2.05, 4.69) is 10.1 Å². The maximum atomic E-state index is 13.9. The summed E-state index contributed by atoms with van der Waals surface area (Å²) >= 11 is 0. The molecule has 5 aliphatic rings. The summed E-state index contributed by atoms with van der Waals surface area (Å²) in [6.07, 6.45) is 1.59. The molecule has 1 aromatic rings. The Hall–Kier alpha value is -3.75. The molecule has 3 aliphatic carbocycles. The number of hydrogen-bond donors (Lipinski definition) is 2. The van der Waals surface area contributed by atoms with Crippen molar-refractivity contribution in [1.29, 1.82) is 0 Å². The number of fused-ring (bicyclic) bond motifs is 1. The van der Waals surface area contributed by atoms with Gasteiger partial charge in [-0.3, -0.25) is 9.59 Å². The molecule has 0 spiro atoms. The summed E-state index contributed by atoms with van der Waals surface area (Å²) in [5.74, 6) is -3.16. The van der Waals surface area contributed by atoms with Crippen molar-refractivity contribution in [3.63, 3.8) is 0 Å². The molecule has 2 N–H and O–H groups in total. The van der Waals surface area contributed by atoms with E-state index in [1.165, 1.54) is 23.1 Å². The highest BCUT2D eigenvalue weighted by Crippen LogP contribution is 2.59. The van der Waals surface area contributed by atoms with Gasteiger partial charge in [-0.05, 0) is 62.3 Å². The zero-order valence-electron chi connectivity index (χ0n) is 25.6. The summed E-state index contributed by atoms with van der Waals surface area (Å²) in [5, 5.41) is 11.8. The van der Waals surface area contributed by atoms with Crippen LogP contribution in [0.2, 0.25) is 0 Å². The molecule has 4 atom stereocenters. The molecule has 4 fully saturated rings. The first-order valence-corrected chi connectivity index (χ1v) is 16.0. The van der Waals surface area contributed by atoms with Crippen molar-refractivity contribution in [2.75, 3.05) is 26.3 Å². The lowest BCUT2D eigenvalue weighted by Gasteiger charge is -2.33. The summed E-state index contributed by atoms with van der Waals surface area (Å²) in [6.45, 7) is -1.53. The van der Waals surface area contributed by atoms with Crippen LogP contribution >= 0.6 is 0 Å². The van der Waals surface area contributed by atoms with Gasteiger partial charge in [-0.15, -0.1) is 0 Å². The van der Waals surface area contributed by atoms with Gasteiger partial charge in [0.15, 0.2) is 12.4 Å². The van der Waals surface area contributed by atoms with Gasteiger partial charge in [-0.2, -0.15) is 13.2 Å². The lowest BCUT2D eigenvalue weighted by molar-refractivity contribution is -0.209. The zero-order chi connectivity index (χ0) is 33.3. The third-order valence-electron chi connectivity index (χ3n) is 9.13. The molecule has 47 heavy (non-hydrogen) atoms. The lowest BCUT2D eigenvalue weighted by Crippen LogP contribution is -2.49. The normalized spacial score (nSPS) is 26.9. The van der Waals surface area contributed by atoms with Crippen LogP contribution in [0.5, 0.6) is 0 Å². The molecule has 1 aromatic carbocycles. The summed E-state index contributed by atoms with van der Waals surface area (Å²) in [6, 6.07) is 5.41. The molecule has 4 unspecified atom stereocenters. The Morgan fingerprint density at radius 3 is 2.47 bits per heavy atom. The molecule has 0 aromatic heterocycles. The van der Waals surface area contributed by atoms with Gasteiger partial charge in [-0.1, -0.05) is 18.2 Å². The number of likely N-dealkylation sites (tertiary alicyclic amines) is 1. The molecule has 6 rings (SSSR count). The number of amides is 2. The number of alkyl halides is 3. The second kappa shape index (κ2) is 13.4. The van der Waals surface area contributed by atoms with Crippen LogP contribution in [-0.2, 0) is 33.3 Å². The summed E-state index contributed by atoms with van der Waals surface area (Å²) in [5.41, 5.74) is 0.585. The standard InChI is InChI=1S/C33H37F3N2O9/c34-32(35,36)18-44-27(40)12-7-19-4-1-2-5-23(19)31(43)45-25-16-20(30(42)38-14-3-6-24(38)29(41)37-13-15-39)17-26-28(25)47-33(46-26,21-8-9-21)22-10-11-22/h1-2,4-5,7,12,17,21-22,24-26,28,39H,3,6,8-11,13-16,18H2,(H,37,41). The minimum atomic E-state index is -4.68. The SMILES string of the molecule is O=C(C=Cc1ccccc1C(=O)OC1CC(C(=O)N2CCCC2C(=O)NCCO)=CC2OC(C3CC3)(C3CC3)OC21)OCC(F)(F)F. The molecule has 0 radical (unpaired) electrons. The van der Waals surface area contributed by atoms with Crippen molar-refractivity contribution in [2.45, 2.75) is 81.3 Å². The Labute approximate surface area is 269 Å². The fourth-order valence-corrected chi connectivity index (χ4v) is 6.71. The van der Waals surface area contributed by atoms with Crippen molar-refractivity contribution >= 4 is 29.8 Å². The number of benzene rings is 1. The average Bonchev–Trinajstić information content (AvgIpc) is 3.99. The van der Waals surface area contributed by atoms with E-state index in [-0.39, 0.29) is 54.3 Å². The van der Waals surface area contributed by atoms with Crippen LogP contribution in [-0.4, -0.2) is 96.4 Å². The largest absolute Gasteiger partial charge is 0.456 e. The quantitative estimate of drug-likeness (QED) is 0.270. The Morgan fingerprint density at radius 1 is 1.06 bits per heavy atom. The number of nitrogens with one attached hydrogen (secondary N) is 1. The van der Waals surface area contributed by atoms with Crippen LogP contribution in [0, 0.1) is 11.8 Å². The number of carbonyl (C=O) groups is 4. The number of ether oxygens (including phenoxy) is 4. The summed E-state index contributed by atoms with van der Waals surface area (Å²) < 4.78 is 60.8. The minimum absolute atomic E-state index is 0.00374. The number of aliphatic hydroxyl groups is 1. The molecule has 11 nitrogen and oxygen atoms in total. The van der Waals surface area contributed by atoms with E-state index in [0.29, 0.717) is 25.0 Å². The Bertz CT molecular complexity index is 1440. The van der Waals surface area contributed by atoms with Crippen LogP contribution in [0.4, 0.5) is 13.2 Å². The molecule has 2 amide bonds. The molecule has 254 valence electrons. The third kappa shape index (κ3) is 7.39. The second-order valence-corrected chi connectivity index (χ2v) is 12.6. The van der Waals surface area contributed by atoms with E-state index in [1.54, 1.807) is 18.2 Å². The molecule has 2 saturated heterocycles. The molecule has 0 bridgehead atoms. The Balaban J connectivity index is 1.23. The maximum Gasteiger partial charge on any atom is 0.422 e. The predicted octanol–water partition coefficient (Wildman–Crippen LogP) is 3.06. The lowest BCUT2D eigenvalue weighted by atomic mass is 9.91. The van der Waals surface area contributed by atoms with E-state index >= 15 is 0 Å². The Kier molecular flexibility index (Phi) is 9.45. The first-order chi connectivity index (χ1) is 22.5. The van der Waals surface area contributed by atoms with Crippen molar-refractivity contribution in [3.8, 4) is 0 Å². The van der Waals surface area contributed by atoms with Crippen LogP contribution in [0.15, 0.2) is 42.0 Å². The van der Waals surface area contributed by atoms with Gasteiger partial charge in [0.25, 0.3) is 0 Å². The fraction of sp³-hybridized carbons (Fsp3) is 0.576. The smallest absolute Gasteiger partial charge is 0.422 e. The Morgan fingerprint density at radius 2 is 1.79 bits per heavy atom. The molecule has 2 aliphatic heterocycles. The number of halogens is 3. The van der Waals surface area contributed by atoms with Gasteiger partial charge in [-0.25, -0.2) is 9.59 Å². The molecule has 2 saturated carbocycles. The van der Waals surface area contributed by atoms with Crippen molar-refractivity contribution in [3.05, 3.63) is 53.1 Å². The van der Waals surface area contributed by atoms with Gasteiger partial charge in [0, 0.05) is 43.0 Å². The number of hydrogen-bond acceptors (Lipinski definition) is 9. The topological polar surface area (TPSA) is 141 Å². The van der Waals surface area contributed by atoms with Crippen LogP contribution < -0.4 is 5.32 Å². The second-order valence-electron chi connectivity index (χ2n) is 12.6. The molecule has 2 heterocycles.